The van der Waals surface area contributed by atoms with E-state index in [9.17, 15) is 15.3 Å². The molecule has 3 N–H and O–H groups in total. The molecule has 1 aliphatic rings. The van der Waals surface area contributed by atoms with E-state index in [1.807, 2.05) is 0 Å². The van der Waals surface area contributed by atoms with Crippen LogP contribution in [0.5, 0.6) is 0 Å². The molecular formula is C11H12Br2N4O4S. The van der Waals surface area contributed by atoms with Crippen LogP contribution in [0.15, 0.2) is 31.3 Å². The molecular weight excluding hydrogens is 444 g/mol. The van der Waals surface area contributed by atoms with E-state index in [1.165, 1.54) is 0 Å². The number of aromatic nitrogens is 1. The maximum atomic E-state index is 10.3. The van der Waals surface area contributed by atoms with Crippen molar-refractivity contribution in [1.82, 2.24) is 4.98 Å². The standard InChI is InChI=1S/C11H12Br2N4O4S/c12-4-1-6(10(13)15-2-4)22-11-9(20)7(16-17-14)8(19)5(3-18)21-11/h1-2,5,7-9,11,18-20H,3H2/t5-,7+,8+,9-,11-/m1/s1. The molecule has 1 aromatic heterocycles. The maximum absolute atomic E-state index is 10.3. The summed E-state index contributed by atoms with van der Waals surface area (Å²) in [6.07, 6.45) is -1.85. The molecule has 11 heteroatoms. The molecule has 0 spiro atoms. The fraction of sp³-hybridized carbons (Fsp3) is 0.545. The minimum atomic E-state index is -1.28. The van der Waals surface area contributed by atoms with Gasteiger partial charge in [-0.05, 0) is 43.5 Å². The average Bonchev–Trinajstić information content (AvgIpc) is 2.50. The van der Waals surface area contributed by atoms with Crippen LogP contribution in [0.4, 0.5) is 0 Å². The van der Waals surface area contributed by atoms with Crippen molar-refractivity contribution >= 4 is 43.6 Å². The Labute approximate surface area is 146 Å². The van der Waals surface area contributed by atoms with Crippen LogP contribution in [0.1, 0.15) is 0 Å². The van der Waals surface area contributed by atoms with Gasteiger partial charge >= 0.3 is 0 Å². The molecule has 0 amide bonds. The Morgan fingerprint density at radius 1 is 1.41 bits per heavy atom. The fourth-order valence-electron chi connectivity index (χ4n) is 1.97. The number of hydrogen-bond acceptors (Lipinski definition) is 7. The van der Waals surface area contributed by atoms with Crippen LogP contribution in [0.25, 0.3) is 10.4 Å². The van der Waals surface area contributed by atoms with Gasteiger partial charge in [0.25, 0.3) is 0 Å². The maximum Gasteiger partial charge on any atom is 0.134 e. The first-order chi connectivity index (χ1) is 10.5. The van der Waals surface area contributed by atoms with Gasteiger partial charge in [-0.2, -0.15) is 0 Å². The second-order valence-corrected chi connectivity index (χ2v) is 7.27. The lowest BCUT2D eigenvalue weighted by Crippen LogP contribution is -2.56. The molecule has 1 aliphatic heterocycles. The number of aliphatic hydroxyl groups is 3. The van der Waals surface area contributed by atoms with Crippen LogP contribution in [-0.2, 0) is 4.74 Å². The Hall–Kier alpha value is -0.390. The average molecular weight is 456 g/mol. The van der Waals surface area contributed by atoms with Crippen LogP contribution < -0.4 is 0 Å². The lowest BCUT2D eigenvalue weighted by Gasteiger charge is -2.40. The highest BCUT2D eigenvalue weighted by molar-refractivity contribution is 9.11. The van der Waals surface area contributed by atoms with Gasteiger partial charge in [-0.25, -0.2) is 4.98 Å². The first-order valence-corrected chi connectivity index (χ1v) is 8.59. The third-order valence-corrected chi connectivity index (χ3v) is 5.57. The Kier molecular flexibility index (Phi) is 6.47. The highest BCUT2D eigenvalue weighted by Gasteiger charge is 2.44. The van der Waals surface area contributed by atoms with E-state index in [0.29, 0.717) is 9.50 Å². The van der Waals surface area contributed by atoms with Crippen LogP contribution >= 0.6 is 43.6 Å². The van der Waals surface area contributed by atoms with E-state index in [0.717, 1.165) is 16.2 Å². The van der Waals surface area contributed by atoms with E-state index in [-0.39, 0.29) is 0 Å². The van der Waals surface area contributed by atoms with Gasteiger partial charge in [-0.3, -0.25) is 0 Å². The second-order valence-electron chi connectivity index (χ2n) is 4.46. The molecule has 2 heterocycles. The second kappa shape index (κ2) is 7.93. The van der Waals surface area contributed by atoms with Crippen molar-refractivity contribution in [3.05, 3.63) is 31.8 Å². The molecule has 120 valence electrons. The molecule has 0 aliphatic carbocycles. The minimum absolute atomic E-state index is 0.458. The Balaban J connectivity index is 2.25. The predicted octanol–water partition coefficient (Wildman–Crippen LogP) is 1.82. The SMILES string of the molecule is [N-]=[N+]=N[C@@H]1[C@@H](O)[C@@H](Sc2cc(Br)cnc2Br)O[C@H](CO)[C@@H]1O. The number of pyridine rings is 1. The van der Waals surface area contributed by atoms with Crippen molar-refractivity contribution in [3.8, 4) is 0 Å². The highest BCUT2D eigenvalue weighted by atomic mass is 79.9. The number of nitrogens with zero attached hydrogens (tertiary/aromatic N) is 4. The predicted molar refractivity (Wildman–Crippen MR) is 86.2 cm³/mol. The molecule has 0 unspecified atom stereocenters. The number of thioether (sulfide) groups is 1. The first-order valence-electron chi connectivity index (χ1n) is 6.12. The van der Waals surface area contributed by atoms with Crippen LogP contribution in [0.2, 0.25) is 0 Å². The fourth-order valence-corrected chi connectivity index (χ4v) is 4.05. The quantitative estimate of drug-likeness (QED) is 0.274. The first kappa shape index (κ1) is 18.0. The number of aliphatic hydroxyl groups excluding tert-OH is 3. The lowest BCUT2D eigenvalue weighted by atomic mass is 9.98. The van der Waals surface area contributed by atoms with Gasteiger partial charge in [0, 0.05) is 20.5 Å². The highest BCUT2D eigenvalue weighted by Crippen LogP contribution is 2.37. The number of azide groups is 1. The molecule has 8 nitrogen and oxygen atoms in total. The summed E-state index contributed by atoms with van der Waals surface area (Å²) in [7, 11) is 0. The van der Waals surface area contributed by atoms with Crippen molar-refractivity contribution in [3.63, 3.8) is 0 Å². The molecule has 0 aromatic carbocycles. The molecule has 5 atom stereocenters. The summed E-state index contributed by atoms with van der Waals surface area (Å²) >= 11 is 7.74. The summed E-state index contributed by atoms with van der Waals surface area (Å²) in [5.41, 5.74) is 7.74. The van der Waals surface area contributed by atoms with Crippen LogP contribution in [0.3, 0.4) is 0 Å². The lowest BCUT2D eigenvalue weighted by molar-refractivity contribution is -0.159. The normalized spacial score (nSPS) is 31.6. The summed E-state index contributed by atoms with van der Waals surface area (Å²) < 4.78 is 6.80. The molecule has 1 fully saturated rings. The minimum Gasteiger partial charge on any atom is -0.394 e. The van der Waals surface area contributed by atoms with Gasteiger partial charge in [0.05, 0.1) is 18.8 Å². The molecule has 22 heavy (non-hydrogen) atoms. The topological polar surface area (TPSA) is 132 Å². The number of rotatable bonds is 4. The molecule has 0 radical (unpaired) electrons. The molecule has 1 aromatic rings. The van der Waals surface area contributed by atoms with Crippen LogP contribution in [-0.4, -0.2) is 56.7 Å². The van der Waals surface area contributed by atoms with E-state index in [2.05, 4.69) is 46.9 Å². The summed E-state index contributed by atoms with van der Waals surface area (Å²) in [5.74, 6) is 0. The third-order valence-electron chi connectivity index (χ3n) is 3.05. The molecule has 0 saturated carbocycles. The molecule has 1 saturated heterocycles. The van der Waals surface area contributed by atoms with Crippen LogP contribution in [0, 0.1) is 0 Å². The van der Waals surface area contributed by atoms with Gasteiger partial charge < -0.3 is 20.1 Å². The van der Waals surface area contributed by atoms with Crippen molar-refractivity contribution in [2.45, 2.75) is 34.7 Å². The molecule has 0 bridgehead atoms. The Bertz CT molecular complexity index is 589. The third kappa shape index (κ3) is 3.92. The molecule has 2 rings (SSSR count). The van der Waals surface area contributed by atoms with E-state index < -0.39 is 36.4 Å². The van der Waals surface area contributed by atoms with E-state index >= 15 is 0 Å². The number of halogens is 2. The summed E-state index contributed by atoms with van der Waals surface area (Å²) in [6, 6.07) is 0.673. The van der Waals surface area contributed by atoms with Crippen molar-refractivity contribution in [1.29, 1.82) is 0 Å². The van der Waals surface area contributed by atoms with Gasteiger partial charge in [0.2, 0.25) is 0 Å². The van der Waals surface area contributed by atoms with Crippen molar-refractivity contribution < 1.29 is 20.1 Å². The number of hydrogen-bond donors (Lipinski definition) is 3. The monoisotopic (exact) mass is 454 g/mol. The summed E-state index contributed by atoms with van der Waals surface area (Å²) in [5, 5.41) is 32.9. The van der Waals surface area contributed by atoms with Gasteiger partial charge in [-0.15, -0.1) is 0 Å². The Morgan fingerprint density at radius 3 is 2.77 bits per heavy atom. The summed E-state index contributed by atoms with van der Waals surface area (Å²) in [4.78, 5) is 7.43. The largest absolute Gasteiger partial charge is 0.394 e. The van der Waals surface area contributed by atoms with Crippen molar-refractivity contribution in [2.75, 3.05) is 6.61 Å². The van der Waals surface area contributed by atoms with E-state index in [1.54, 1.807) is 12.3 Å². The van der Waals surface area contributed by atoms with Gasteiger partial charge in [0.1, 0.15) is 22.2 Å². The van der Waals surface area contributed by atoms with Gasteiger partial charge in [0.15, 0.2) is 0 Å². The smallest absolute Gasteiger partial charge is 0.134 e. The van der Waals surface area contributed by atoms with Gasteiger partial charge in [-0.1, -0.05) is 16.9 Å². The Morgan fingerprint density at radius 2 is 2.14 bits per heavy atom. The van der Waals surface area contributed by atoms with E-state index in [4.69, 9.17) is 10.3 Å². The zero-order chi connectivity index (χ0) is 16.3. The summed E-state index contributed by atoms with van der Waals surface area (Å²) in [6.45, 7) is -0.458. The van der Waals surface area contributed by atoms with Crippen molar-refractivity contribution in [2.24, 2.45) is 5.11 Å². The number of ether oxygens (including phenoxy) is 1. The zero-order valence-electron chi connectivity index (χ0n) is 11.0. The zero-order valence-corrected chi connectivity index (χ0v) is 14.9.